The summed E-state index contributed by atoms with van der Waals surface area (Å²) in [5, 5.41) is 0. The van der Waals surface area contributed by atoms with Gasteiger partial charge in [0.25, 0.3) is 0 Å². The van der Waals surface area contributed by atoms with Crippen molar-refractivity contribution in [3.63, 3.8) is 0 Å². The Morgan fingerprint density at radius 2 is 1.75 bits per heavy atom. The SMILES string of the molecule is CCOC1(C(N)c2ccc(C(F)(F)F)cc2)CCCC1. The van der Waals surface area contributed by atoms with Crippen molar-refractivity contribution in [3.8, 4) is 0 Å². The van der Waals surface area contributed by atoms with E-state index in [9.17, 15) is 13.2 Å². The number of ether oxygens (including phenoxy) is 1. The maximum Gasteiger partial charge on any atom is 0.416 e. The number of hydrogen-bond donors (Lipinski definition) is 1. The summed E-state index contributed by atoms with van der Waals surface area (Å²) in [6, 6.07) is 4.72. The molecular formula is C15H20F3NO. The van der Waals surface area contributed by atoms with Crippen LogP contribution in [0.15, 0.2) is 24.3 Å². The van der Waals surface area contributed by atoms with Crippen molar-refractivity contribution >= 4 is 0 Å². The summed E-state index contributed by atoms with van der Waals surface area (Å²) in [4.78, 5) is 0. The number of nitrogens with two attached hydrogens (primary N) is 1. The third kappa shape index (κ3) is 2.99. The van der Waals surface area contributed by atoms with Crippen LogP contribution in [-0.2, 0) is 10.9 Å². The number of rotatable bonds is 4. The predicted octanol–water partition coefficient (Wildman–Crippen LogP) is 4.05. The Bertz CT molecular complexity index is 435. The first-order chi connectivity index (χ1) is 9.39. The van der Waals surface area contributed by atoms with Gasteiger partial charge in [-0.2, -0.15) is 13.2 Å². The first-order valence-corrected chi connectivity index (χ1v) is 6.96. The Kier molecular flexibility index (Phi) is 4.39. The lowest BCUT2D eigenvalue weighted by molar-refractivity contribution is -0.137. The smallest absolute Gasteiger partial charge is 0.373 e. The molecule has 2 nitrogen and oxygen atoms in total. The fourth-order valence-electron chi connectivity index (χ4n) is 2.99. The minimum atomic E-state index is -4.31. The van der Waals surface area contributed by atoms with Crippen LogP contribution in [0.1, 0.15) is 49.8 Å². The number of benzene rings is 1. The van der Waals surface area contributed by atoms with Gasteiger partial charge in [-0.05, 0) is 37.5 Å². The van der Waals surface area contributed by atoms with Gasteiger partial charge in [0.1, 0.15) is 0 Å². The van der Waals surface area contributed by atoms with Crippen LogP contribution >= 0.6 is 0 Å². The van der Waals surface area contributed by atoms with Crippen LogP contribution in [0, 0.1) is 0 Å². The largest absolute Gasteiger partial charge is 0.416 e. The monoisotopic (exact) mass is 287 g/mol. The fourth-order valence-corrected chi connectivity index (χ4v) is 2.99. The Morgan fingerprint density at radius 1 is 1.20 bits per heavy atom. The molecule has 0 radical (unpaired) electrons. The van der Waals surface area contributed by atoms with Gasteiger partial charge in [-0.1, -0.05) is 25.0 Å². The Labute approximate surface area is 117 Å². The first kappa shape index (κ1) is 15.3. The molecule has 1 aromatic rings. The Morgan fingerprint density at radius 3 is 2.20 bits per heavy atom. The third-order valence-electron chi connectivity index (χ3n) is 4.05. The molecule has 1 aliphatic carbocycles. The summed E-state index contributed by atoms with van der Waals surface area (Å²) >= 11 is 0. The zero-order chi connectivity index (χ0) is 14.8. The standard InChI is InChI=1S/C15H20F3NO/c1-2-20-14(9-3-4-10-14)13(19)11-5-7-12(8-6-11)15(16,17)18/h5-8,13H,2-4,9-10,19H2,1H3. The Hall–Kier alpha value is -1.07. The normalized spacial score (nSPS) is 20.1. The second-order valence-electron chi connectivity index (χ2n) is 5.30. The molecular weight excluding hydrogens is 267 g/mol. The maximum atomic E-state index is 12.6. The summed E-state index contributed by atoms with van der Waals surface area (Å²) in [6.45, 7) is 2.48. The molecule has 0 heterocycles. The van der Waals surface area contributed by atoms with Gasteiger partial charge in [0.05, 0.1) is 17.2 Å². The minimum absolute atomic E-state index is 0.382. The molecule has 1 unspecified atom stereocenters. The van der Waals surface area contributed by atoms with E-state index < -0.39 is 17.3 Å². The van der Waals surface area contributed by atoms with E-state index in [1.54, 1.807) is 0 Å². The van der Waals surface area contributed by atoms with Crippen LogP contribution < -0.4 is 5.73 Å². The quantitative estimate of drug-likeness (QED) is 0.906. The molecule has 0 saturated heterocycles. The van der Waals surface area contributed by atoms with Crippen LogP contribution in [-0.4, -0.2) is 12.2 Å². The van der Waals surface area contributed by atoms with Crippen molar-refractivity contribution in [2.45, 2.75) is 50.4 Å². The van der Waals surface area contributed by atoms with Gasteiger partial charge in [0.2, 0.25) is 0 Å². The molecule has 0 aliphatic heterocycles. The lowest BCUT2D eigenvalue weighted by Crippen LogP contribution is -2.41. The van der Waals surface area contributed by atoms with Gasteiger partial charge in [0.15, 0.2) is 0 Å². The van der Waals surface area contributed by atoms with Gasteiger partial charge < -0.3 is 10.5 Å². The molecule has 0 aromatic heterocycles. The Balaban J connectivity index is 2.21. The van der Waals surface area contributed by atoms with E-state index in [1.165, 1.54) is 12.1 Å². The highest BCUT2D eigenvalue weighted by atomic mass is 19.4. The molecule has 1 aromatic carbocycles. The number of halogens is 3. The molecule has 1 atom stereocenters. The average Bonchev–Trinajstić information content (AvgIpc) is 2.87. The summed E-state index contributed by atoms with van der Waals surface area (Å²) < 4.78 is 43.5. The van der Waals surface area contributed by atoms with E-state index in [4.69, 9.17) is 10.5 Å². The van der Waals surface area contributed by atoms with Crippen LogP contribution in [0.4, 0.5) is 13.2 Å². The van der Waals surface area contributed by atoms with Crippen LogP contribution in [0.25, 0.3) is 0 Å². The molecule has 1 saturated carbocycles. The minimum Gasteiger partial charge on any atom is -0.373 e. The maximum absolute atomic E-state index is 12.6. The van der Waals surface area contributed by atoms with Crippen LogP contribution in [0.2, 0.25) is 0 Å². The number of hydrogen-bond acceptors (Lipinski definition) is 2. The summed E-state index contributed by atoms with van der Waals surface area (Å²) in [6.07, 6.45) is -0.484. The van der Waals surface area contributed by atoms with Crippen molar-refractivity contribution < 1.29 is 17.9 Å². The second kappa shape index (κ2) is 5.74. The van der Waals surface area contributed by atoms with Crippen LogP contribution in [0.5, 0.6) is 0 Å². The first-order valence-electron chi connectivity index (χ1n) is 6.96. The lowest BCUT2D eigenvalue weighted by Gasteiger charge is -2.35. The van der Waals surface area contributed by atoms with Gasteiger partial charge in [-0.15, -0.1) is 0 Å². The molecule has 0 bridgehead atoms. The van der Waals surface area contributed by atoms with Gasteiger partial charge in [-0.3, -0.25) is 0 Å². The topological polar surface area (TPSA) is 35.2 Å². The van der Waals surface area contributed by atoms with E-state index in [2.05, 4.69) is 0 Å². The van der Waals surface area contributed by atoms with Gasteiger partial charge in [0, 0.05) is 6.61 Å². The molecule has 0 spiro atoms. The summed E-state index contributed by atoms with van der Waals surface area (Å²) in [5.74, 6) is 0. The van der Waals surface area contributed by atoms with E-state index in [0.29, 0.717) is 12.2 Å². The van der Waals surface area contributed by atoms with E-state index >= 15 is 0 Å². The molecule has 2 N–H and O–H groups in total. The molecule has 1 fully saturated rings. The van der Waals surface area contributed by atoms with Gasteiger partial charge in [-0.25, -0.2) is 0 Å². The molecule has 5 heteroatoms. The van der Waals surface area contributed by atoms with Crippen molar-refractivity contribution in [2.24, 2.45) is 5.73 Å². The highest BCUT2D eigenvalue weighted by molar-refractivity contribution is 5.28. The molecule has 20 heavy (non-hydrogen) atoms. The molecule has 112 valence electrons. The number of alkyl halides is 3. The van der Waals surface area contributed by atoms with Crippen molar-refractivity contribution in [2.75, 3.05) is 6.61 Å². The second-order valence-corrected chi connectivity index (χ2v) is 5.30. The third-order valence-corrected chi connectivity index (χ3v) is 4.05. The van der Waals surface area contributed by atoms with E-state index in [1.807, 2.05) is 6.92 Å². The summed E-state index contributed by atoms with van der Waals surface area (Å²) in [5.41, 5.74) is 5.91. The van der Waals surface area contributed by atoms with E-state index in [0.717, 1.165) is 37.8 Å². The molecule has 1 aliphatic rings. The molecule has 0 amide bonds. The van der Waals surface area contributed by atoms with Crippen LogP contribution in [0.3, 0.4) is 0 Å². The van der Waals surface area contributed by atoms with Crippen molar-refractivity contribution in [1.82, 2.24) is 0 Å². The highest BCUT2D eigenvalue weighted by Crippen LogP contribution is 2.42. The summed E-state index contributed by atoms with van der Waals surface area (Å²) in [7, 11) is 0. The molecule has 2 rings (SSSR count). The fraction of sp³-hybridized carbons (Fsp3) is 0.600. The van der Waals surface area contributed by atoms with E-state index in [-0.39, 0.29) is 6.04 Å². The zero-order valence-electron chi connectivity index (χ0n) is 11.5. The van der Waals surface area contributed by atoms with Gasteiger partial charge >= 0.3 is 6.18 Å². The average molecular weight is 287 g/mol. The van der Waals surface area contributed by atoms with Crippen molar-refractivity contribution in [3.05, 3.63) is 35.4 Å². The zero-order valence-corrected chi connectivity index (χ0v) is 11.5. The predicted molar refractivity (Wildman–Crippen MR) is 71.2 cm³/mol. The highest BCUT2D eigenvalue weighted by Gasteiger charge is 2.41. The lowest BCUT2D eigenvalue weighted by atomic mass is 9.87. The van der Waals surface area contributed by atoms with Crippen molar-refractivity contribution in [1.29, 1.82) is 0 Å².